The number of halogens is 4. The highest BCUT2D eigenvalue weighted by Gasteiger charge is 2.31. The van der Waals surface area contributed by atoms with Gasteiger partial charge in [0.1, 0.15) is 5.75 Å². The molecule has 6 heteroatoms. The monoisotopic (exact) mass is 345 g/mol. The number of rotatable bonds is 4. The standard InChI is InChI=1S/C14H11BrF3NO/c15-11-5-3-6-12(8-11)19-9-10-4-1-2-7-13(10)20-14(16,17)18/h1-8,19H,9H2. The average Bonchev–Trinajstić information content (AvgIpc) is 2.36. The molecule has 2 aromatic rings. The molecule has 20 heavy (non-hydrogen) atoms. The van der Waals surface area contributed by atoms with Crippen LogP contribution >= 0.6 is 15.9 Å². The summed E-state index contributed by atoms with van der Waals surface area (Å²) in [6.07, 6.45) is -4.69. The van der Waals surface area contributed by atoms with Crippen LogP contribution in [0.25, 0.3) is 0 Å². The molecule has 2 nitrogen and oxygen atoms in total. The molecule has 0 aliphatic carbocycles. The first-order valence-corrected chi connectivity index (χ1v) is 6.56. The lowest BCUT2D eigenvalue weighted by Crippen LogP contribution is -2.18. The molecule has 0 aliphatic rings. The smallest absolute Gasteiger partial charge is 0.405 e. The predicted octanol–water partition coefficient (Wildman–Crippen LogP) is 4.96. The molecule has 0 saturated heterocycles. The summed E-state index contributed by atoms with van der Waals surface area (Å²) >= 11 is 3.33. The fraction of sp³-hybridized carbons (Fsp3) is 0.143. The van der Waals surface area contributed by atoms with Crippen molar-refractivity contribution in [3.8, 4) is 5.75 Å². The zero-order valence-corrected chi connectivity index (χ0v) is 11.8. The Morgan fingerprint density at radius 2 is 1.80 bits per heavy atom. The van der Waals surface area contributed by atoms with E-state index >= 15 is 0 Å². The van der Waals surface area contributed by atoms with E-state index in [1.807, 2.05) is 24.3 Å². The molecule has 0 atom stereocenters. The molecule has 0 aliphatic heterocycles. The van der Waals surface area contributed by atoms with E-state index in [1.54, 1.807) is 12.1 Å². The van der Waals surface area contributed by atoms with Crippen LogP contribution in [0.4, 0.5) is 18.9 Å². The van der Waals surface area contributed by atoms with E-state index in [0.717, 1.165) is 10.2 Å². The van der Waals surface area contributed by atoms with Gasteiger partial charge < -0.3 is 10.1 Å². The minimum atomic E-state index is -4.69. The van der Waals surface area contributed by atoms with Crippen molar-refractivity contribution in [3.63, 3.8) is 0 Å². The maximum atomic E-state index is 12.3. The van der Waals surface area contributed by atoms with E-state index in [0.29, 0.717) is 5.56 Å². The second kappa shape index (κ2) is 6.17. The number of nitrogens with one attached hydrogen (secondary N) is 1. The summed E-state index contributed by atoms with van der Waals surface area (Å²) in [6.45, 7) is 0.239. The first kappa shape index (κ1) is 14.7. The van der Waals surface area contributed by atoms with Gasteiger partial charge in [0.15, 0.2) is 0 Å². The molecular formula is C14H11BrF3NO. The van der Waals surface area contributed by atoms with Crippen LogP contribution in [-0.2, 0) is 6.54 Å². The first-order chi connectivity index (χ1) is 9.44. The largest absolute Gasteiger partial charge is 0.573 e. The fourth-order valence-corrected chi connectivity index (χ4v) is 2.07. The molecule has 0 unspecified atom stereocenters. The van der Waals surface area contributed by atoms with Gasteiger partial charge in [-0.3, -0.25) is 0 Å². The SMILES string of the molecule is FC(F)(F)Oc1ccccc1CNc1cccc(Br)c1. The summed E-state index contributed by atoms with van der Waals surface area (Å²) in [5.41, 5.74) is 1.24. The number of anilines is 1. The van der Waals surface area contributed by atoms with Crippen LogP contribution in [0.3, 0.4) is 0 Å². The van der Waals surface area contributed by atoms with E-state index in [9.17, 15) is 13.2 Å². The Labute approximate surface area is 122 Å². The highest BCUT2D eigenvalue weighted by atomic mass is 79.9. The van der Waals surface area contributed by atoms with Gasteiger partial charge >= 0.3 is 6.36 Å². The molecule has 1 N–H and O–H groups in total. The molecule has 2 aromatic carbocycles. The molecule has 2 rings (SSSR count). The molecule has 0 fully saturated rings. The van der Waals surface area contributed by atoms with Gasteiger partial charge in [-0.15, -0.1) is 13.2 Å². The minimum absolute atomic E-state index is 0.192. The zero-order valence-electron chi connectivity index (χ0n) is 10.2. The van der Waals surface area contributed by atoms with Crippen molar-refractivity contribution in [2.24, 2.45) is 0 Å². The zero-order chi connectivity index (χ0) is 14.6. The normalized spacial score (nSPS) is 11.2. The van der Waals surface area contributed by atoms with Crippen LogP contribution in [0.1, 0.15) is 5.56 Å². The van der Waals surface area contributed by atoms with E-state index in [1.165, 1.54) is 12.1 Å². The Kier molecular flexibility index (Phi) is 4.54. The Bertz CT molecular complexity index is 587. The highest BCUT2D eigenvalue weighted by Crippen LogP contribution is 2.27. The summed E-state index contributed by atoms with van der Waals surface area (Å²) in [7, 11) is 0. The lowest BCUT2D eigenvalue weighted by molar-refractivity contribution is -0.274. The van der Waals surface area contributed by atoms with Gasteiger partial charge in [-0.1, -0.05) is 40.2 Å². The lowest BCUT2D eigenvalue weighted by Gasteiger charge is -2.14. The second-order valence-electron chi connectivity index (χ2n) is 4.02. The number of ether oxygens (including phenoxy) is 1. The van der Waals surface area contributed by atoms with Crippen LogP contribution in [0, 0.1) is 0 Å². The third kappa shape index (κ3) is 4.45. The number of hydrogen-bond donors (Lipinski definition) is 1. The Morgan fingerprint density at radius 3 is 2.50 bits per heavy atom. The molecule has 0 heterocycles. The Balaban J connectivity index is 2.09. The number of benzene rings is 2. The van der Waals surface area contributed by atoms with Crippen LogP contribution in [-0.4, -0.2) is 6.36 Å². The van der Waals surface area contributed by atoms with Gasteiger partial charge in [-0.2, -0.15) is 0 Å². The summed E-state index contributed by atoms with van der Waals surface area (Å²) in [4.78, 5) is 0. The van der Waals surface area contributed by atoms with Crippen LogP contribution < -0.4 is 10.1 Å². The van der Waals surface area contributed by atoms with Crippen LogP contribution in [0.15, 0.2) is 53.0 Å². The van der Waals surface area contributed by atoms with Crippen molar-refractivity contribution < 1.29 is 17.9 Å². The molecule has 0 spiro atoms. The van der Waals surface area contributed by atoms with E-state index < -0.39 is 6.36 Å². The van der Waals surface area contributed by atoms with Crippen molar-refractivity contribution in [1.29, 1.82) is 0 Å². The molecule has 0 amide bonds. The lowest BCUT2D eigenvalue weighted by atomic mass is 10.2. The molecule has 0 saturated carbocycles. The van der Waals surface area contributed by atoms with E-state index in [-0.39, 0.29) is 12.3 Å². The molecule has 0 bridgehead atoms. The predicted molar refractivity (Wildman–Crippen MR) is 74.6 cm³/mol. The van der Waals surface area contributed by atoms with Gasteiger partial charge in [-0.05, 0) is 24.3 Å². The van der Waals surface area contributed by atoms with Crippen molar-refractivity contribution in [1.82, 2.24) is 0 Å². The first-order valence-electron chi connectivity index (χ1n) is 5.77. The fourth-order valence-electron chi connectivity index (χ4n) is 1.67. The summed E-state index contributed by atoms with van der Waals surface area (Å²) in [5.74, 6) is -0.192. The van der Waals surface area contributed by atoms with Crippen LogP contribution in [0.5, 0.6) is 5.75 Å². The average molecular weight is 346 g/mol. The minimum Gasteiger partial charge on any atom is -0.405 e. The molecular weight excluding hydrogens is 335 g/mol. The third-order valence-corrected chi connectivity index (χ3v) is 3.00. The van der Waals surface area contributed by atoms with Crippen molar-refractivity contribution in [2.45, 2.75) is 12.9 Å². The summed E-state index contributed by atoms with van der Waals surface area (Å²) in [6, 6.07) is 13.4. The van der Waals surface area contributed by atoms with Gasteiger partial charge in [0.25, 0.3) is 0 Å². The summed E-state index contributed by atoms with van der Waals surface area (Å²) < 4.78 is 41.8. The Hall–Kier alpha value is -1.69. The number of para-hydroxylation sites is 1. The van der Waals surface area contributed by atoms with Gasteiger partial charge in [0.05, 0.1) is 0 Å². The maximum Gasteiger partial charge on any atom is 0.573 e. The molecule has 106 valence electrons. The number of hydrogen-bond acceptors (Lipinski definition) is 2. The molecule has 0 radical (unpaired) electrons. The highest BCUT2D eigenvalue weighted by molar-refractivity contribution is 9.10. The van der Waals surface area contributed by atoms with E-state index in [4.69, 9.17) is 0 Å². The van der Waals surface area contributed by atoms with Crippen molar-refractivity contribution in [2.75, 3.05) is 5.32 Å². The van der Waals surface area contributed by atoms with Gasteiger partial charge in [0, 0.05) is 22.3 Å². The molecule has 0 aromatic heterocycles. The van der Waals surface area contributed by atoms with Crippen LogP contribution in [0.2, 0.25) is 0 Å². The van der Waals surface area contributed by atoms with Crippen molar-refractivity contribution >= 4 is 21.6 Å². The third-order valence-electron chi connectivity index (χ3n) is 2.51. The number of alkyl halides is 3. The Morgan fingerprint density at radius 1 is 1.05 bits per heavy atom. The summed E-state index contributed by atoms with van der Waals surface area (Å²) in [5, 5.41) is 3.05. The quantitative estimate of drug-likeness (QED) is 0.845. The van der Waals surface area contributed by atoms with Crippen molar-refractivity contribution in [3.05, 3.63) is 58.6 Å². The topological polar surface area (TPSA) is 21.3 Å². The van der Waals surface area contributed by atoms with E-state index in [2.05, 4.69) is 26.0 Å². The maximum absolute atomic E-state index is 12.3. The van der Waals surface area contributed by atoms with Gasteiger partial charge in [0.2, 0.25) is 0 Å². The second-order valence-corrected chi connectivity index (χ2v) is 4.94. The van der Waals surface area contributed by atoms with Gasteiger partial charge in [-0.25, -0.2) is 0 Å².